The minimum atomic E-state index is 0.0291. The van der Waals surface area contributed by atoms with Crippen LogP contribution in [0.5, 0.6) is 0 Å². The van der Waals surface area contributed by atoms with Gasteiger partial charge in [-0.1, -0.05) is 20.8 Å². The van der Waals surface area contributed by atoms with Gasteiger partial charge in [-0.25, -0.2) is 9.97 Å². The molecule has 1 aromatic heterocycles. The van der Waals surface area contributed by atoms with Crippen molar-refractivity contribution in [3.63, 3.8) is 0 Å². The normalized spacial score (nSPS) is 23.1. The molecule has 2 N–H and O–H groups in total. The summed E-state index contributed by atoms with van der Waals surface area (Å²) in [6.07, 6.45) is 4.09. The Morgan fingerprint density at radius 2 is 2.32 bits per heavy atom. The Kier molecular flexibility index (Phi) is 3.85. The van der Waals surface area contributed by atoms with Gasteiger partial charge in [0.05, 0.1) is 11.3 Å². The van der Waals surface area contributed by atoms with Crippen LogP contribution in [0.25, 0.3) is 0 Å². The third-order valence-electron chi connectivity index (χ3n) is 3.86. The first-order chi connectivity index (χ1) is 8.97. The molecule has 5 nitrogen and oxygen atoms in total. The van der Waals surface area contributed by atoms with Crippen molar-refractivity contribution < 1.29 is 4.79 Å². The van der Waals surface area contributed by atoms with E-state index in [1.54, 1.807) is 6.20 Å². The van der Waals surface area contributed by atoms with E-state index < -0.39 is 0 Å². The maximum absolute atomic E-state index is 12.6. The van der Waals surface area contributed by atoms with Gasteiger partial charge in [-0.05, 0) is 24.3 Å². The molecule has 1 aliphatic rings. The van der Waals surface area contributed by atoms with Crippen LogP contribution in [0.4, 0.5) is 0 Å². The topological polar surface area (TPSA) is 72.1 Å². The summed E-state index contributed by atoms with van der Waals surface area (Å²) in [4.78, 5) is 22.7. The predicted molar refractivity (Wildman–Crippen MR) is 73.8 cm³/mol. The zero-order valence-corrected chi connectivity index (χ0v) is 11.9. The number of rotatable bonds is 3. The molecule has 1 saturated heterocycles. The largest absolute Gasteiger partial charge is 0.338 e. The molecule has 5 heteroatoms. The van der Waals surface area contributed by atoms with Crippen LogP contribution in [-0.4, -0.2) is 40.4 Å². The molecular weight excluding hydrogens is 240 g/mol. The molecule has 1 amide bonds. The third-order valence-corrected chi connectivity index (χ3v) is 3.86. The van der Waals surface area contributed by atoms with Crippen LogP contribution in [0.2, 0.25) is 0 Å². The molecule has 19 heavy (non-hydrogen) atoms. The first kappa shape index (κ1) is 13.9. The molecule has 104 valence electrons. The monoisotopic (exact) mass is 262 g/mol. The molecule has 0 aromatic carbocycles. The van der Waals surface area contributed by atoms with E-state index in [9.17, 15) is 4.79 Å². The maximum atomic E-state index is 12.6. The van der Waals surface area contributed by atoms with Gasteiger partial charge in [0.15, 0.2) is 0 Å². The van der Waals surface area contributed by atoms with Crippen LogP contribution in [-0.2, 0) is 0 Å². The van der Waals surface area contributed by atoms with E-state index in [1.807, 2.05) is 18.7 Å². The lowest BCUT2D eigenvalue weighted by atomic mass is 9.90. The maximum Gasteiger partial charge on any atom is 0.257 e. The second-order valence-corrected chi connectivity index (χ2v) is 5.97. The van der Waals surface area contributed by atoms with Crippen molar-refractivity contribution in [3.8, 4) is 0 Å². The number of carbonyl (C=O) groups is 1. The predicted octanol–water partition coefficient (Wildman–Crippen LogP) is 1.41. The molecule has 0 spiro atoms. The Hall–Kier alpha value is -1.49. The van der Waals surface area contributed by atoms with E-state index in [0.29, 0.717) is 12.1 Å². The standard InChI is InChI=1S/C14H22N4O/c1-10(2)12-11(6-16-9-17-12)13(19)18-5-4-14(3,7-15)8-18/h6,9-10H,4-5,7-8,15H2,1-3H3. The van der Waals surface area contributed by atoms with Crippen LogP contribution in [0, 0.1) is 5.41 Å². The van der Waals surface area contributed by atoms with E-state index >= 15 is 0 Å². The van der Waals surface area contributed by atoms with Crippen molar-refractivity contribution in [2.45, 2.75) is 33.1 Å². The highest BCUT2D eigenvalue weighted by Crippen LogP contribution is 2.30. The minimum absolute atomic E-state index is 0.0291. The number of amides is 1. The van der Waals surface area contributed by atoms with E-state index in [2.05, 4.69) is 16.9 Å². The van der Waals surface area contributed by atoms with Crippen molar-refractivity contribution in [2.24, 2.45) is 11.1 Å². The fourth-order valence-electron chi connectivity index (χ4n) is 2.50. The zero-order valence-electron chi connectivity index (χ0n) is 11.9. The van der Waals surface area contributed by atoms with Crippen molar-refractivity contribution >= 4 is 5.91 Å². The number of carbonyl (C=O) groups excluding carboxylic acids is 1. The fraction of sp³-hybridized carbons (Fsp3) is 0.643. The van der Waals surface area contributed by atoms with E-state index in [4.69, 9.17) is 5.73 Å². The first-order valence-electron chi connectivity index (χ1n) is 6.76. The highest BCUT2D eigenvalue weighted by atomic mass is 16.2. The van der Waals surface area contributed by atoms with Gasteiger partial charge in [-0.15, -0.1) is 0 Å². The van der Waals surface area contributed by atoms with Gasteiger partial charge in [-0.2, -0.15) is 0 Å². The lowest BCUT2D eigenvalue weighted by Crippen LogP contribution is -2.35. The molecule has 1 unspecified atom stereocenters. The Labute approximate surface area is 114 Å². The molecule has 0 aliphatic carbocycles. The van der Waals surface area contributed by atoms with Gasteiger partial charge in [0.2, 0.25) is 0 Å². The summed E-state index contributed by atoms with van der Waals surface area (Å²) in [6.45, 7) is 8.29. The van der Waals surface area contributed by atoms with Crippen LogP contribution in [0.3, 0.4) is 0 Å². The molecule has 1 aliphatic heterocycles. The SMILES string of the molecule is CC(C)c1ncncc1C(=O)N1CCC(C)(CN)C1. The Morgan fingerprint density at radius 3 is 2.89 bits per heavy atom. The molecule has 2 heterocycles. The summed E-state index contributed by atoms with van der Waals surface area (Å²) >= 11 is 0. The summed E-state index contributed by atoms with van der Waals surface area (Å²) in [6, 6.07) is 0. The lowest BCUT2D eigenvalue weighted by molar-refractivity contribution is 0.0774. The van der Waals surface area contributed by atoms with Crippen molar-refractivity contribution in [1.82, 2.24) is 14.9 Å². The molecular formula is C14H22N4O. The number of likely N-dealkylation sites (tertiary alicyclic amines) is 1. The molecule has 0 bridgehead atoms. The van der Waals surface area contributed by atoms with Gasteiger partial charge >= 0.3 is 0 Å². The van der Waals surface area contributed by atoms with Crippen molar-refractivity contribution in [2.75, 3.05) is 19.6 Å². The van der Waals surface area contributed by atoms with Gasteiger partial charge < -0.3 is 10.6 Å². The Morgan fingerprint density at radius 1 is 1.58 bits per heavy atom. The fourth-order valence-corrected chi connectivity index (χ4v) is 2.50. The van der Waals surface area contributed by atoms with Crippen molar-refractivity contribution in [1.29, 1.82) is 0 Å². The third kappa shape index (κ3) is 2.76. The average molecular weight is 262 g/mol. The summed E-state index contributed by atoms with van der Waals surface area (Å²) < 4.78 is 0. The highest BCUT2D eigenvalue weighted by Gasteiger charge is 2.36. The number of nitrogens with zero attached hydrogens (tertiary/aromatic N) is 3. The molecule has 2 rings (SSSR count). The van der Waals surface area contributed by atoms with Crippen LogP contribution >= 0.6 is 0 Å². The summed E-state index contributed by atoms with van der Waals surface area (Å²) in [5, 5.41) is 0. The van der Waals surface area contributed by atoms with Gasteiger partial charge in [0, 0.05) is 19.3 Å². The molecule has 1 aromatic rings. The second-order valence-electron chi connectivity index (χ2n) is 5.97. The van der Waals surface area contributed by atoms with Crippen molar-refractivity contribution in [3.05, 3.63) is 23.8 Å². The zero-order chi connectivity index (χ0) is 14.0. The van der Waals surface area contributed by atoms with Gasteiger partial charge in [0.25, 0.3) is 5.91 Å². The quantitative estimate of drug-likeness (QED) is 0.894. The average Bonchev–Trinajstić information content (AvgIpc) is 2.81. The second kappa shape index (κ2) is 5.25. The summed E-state index contributed by atoms with van der Waals surface area (Å²) in [7, 11) is 0. The molecule has 1 fully saturated rings. The Balaban J connectivity index is 2.22. The van der Waals surface area contributed by atoms with Gasteiger partial charge in [0.1, 0.15) is 6.33 Å². The Bertz CT molecular complexity index is 474. The van der Waals surface area contributed by atoms with E-state index in [1.165, 1.54) is 6.33 Å². The lowest BCUT2D eigenvalue weighted by Gasteiger charge is -2.23. The highest BCUT2D eigenvalue weighted by molar-refractivity contribution is 5.95. The minimum Gasteiger partial charge on any atom is -0.338 e. The number of hydrogen-bond donors (Lipinski definition) is 1. The number of aromatic nitrogens is 2. The molecule has 0 radical (unpaired) electrons. The van der Waals surface area contributed by atoms with Crippen LogP contribution in [0.15, 0.2) is 12.5 Å². The first-order valence-corrected chi connectivity index (χ1v) is 6.76. The van der Waals surface area contributed by atoms with E-state index in [0.717, 1.165) is 25.2 Å². The smallest absolute Gasteiger partial charge is 0.257 e. The molecule has 0 saturated carbocycles. The van der Waals surface area contributed by atoms with Crippen LogP contribution in [0.1, 0.15) is 49.2 Å². The molecule has 1 atom stereocenters. The van der Waals surface area contributed by atoms with Crippen LogP contribution < -0.4 is 5.73 Å². The summed E-state index contributed by atoms with van der Waals surface area (Å²) in [5.41, 5.74) is 7.27. The summed E-state index contributed by atoms with van der Waals surface area (Å²) in [5.74, 6) is 0.243. The van der Waals surface area contributed by atoms with Gasteiger partial charge in [-0.3, -0.25) is 4.79 Å². The van der Waals surface area contributed by atoms with E-state index in [-0.39, 0.29) is 17.2 Å². The number of hydrogen-bond acceptors (Lipinski definition) is 4. The number of nitrogens with two attached hydrogens (primary N) is 1.